The molecule has 0 fully saturated rings. The lowest BCUT2D eigenvalue weighted by atomic mass is 10.3. The summed E-state index contributed by atoms with van der Waals surface area (Å²) in [6.45, 7) is 2.52. The average Bonchev–Trinajstić information content (AvgIpc) is 2.41. The number of benzene rings is 1. The van der Waals surface area contributed by atoms with Crippen molar-refractivity contribution in [1.82, 2.24) is 4.90 Å². The van der Waals surface area contributed by atoms with Crippen LogP contribution in [0.15, 0.2) is 48.6 Å². The van der Waals surface area contributed by atoms with Gasteiger partial charge in [-0.15, -0.1) is 0 Å². The second-order valence-corrected chi connectivity index (χ2v) is 3.92. The predicted octanol–water partition coefficient (Wildman–Crippen LogP) is 2.80. The highest BCUT2D eigenvalue weighted by Crippen LogP contribution is 2.14. The first-order valence-corrected chi connectivity index (χ1v) is 6.07. The monoisotopic (exact) mass is 263 g/mol. The molecule has 0 radical (unpaired) electrons. The molecule has 102 valence electrons. The molecule has 0 atom stereocenters. The Kier molecular flexibility index (Phi) is 6.36. The summed E-state index contributed by atoms with van der Waals surface area (Å²) < 4.78 is 18.5. The maximum atomic E-state index is 13.3. The number of carbonyl (C=O) groups is 1. The number of amides is 1. The fourth-order valence-corrected chi connectivity index (χ4v) is 1.34. The number of ether oxygens (including phenoxy) is 1. The predicted molar refractivity (Wildman–Crippen MR) is 73.5 cm³/mol. The van der Waals surface area contributed by atoms with Crippen LogP contribution in [-0.4, -0.2) is 31.0 Å². The van der Waals surface area contributed by atoms with E-state index < -0.39 is 5.82 Å². The van der Waals surface area contributed by atoms with Gasteiger partial charge in [0.2, 0.25) is 5.91 Å². The first-order chi connectivity index (χ1) is 9.15. The minimum Gasteiger partial charge on any atom is -0.489 e. The fourth-order valence-electron chi connectivity index (χ4n) is 1.34. The van der Waals surface area contributed by atoms with Crippen molar-refractivity contribution in [3.8, 4) is 5.75 Å². The van der Waals surface area contributed by atoms with Gasteiger partial charge in [0.1, 0.15) is 6.61 Å². The zero-order valence-corrected chi connectivity index (χ0v) is 11.2. The van der Waals surface area contributed by atoms with Crippen LogP contribution in [0, 0.1) is 5.82 Å². The molecule has 0 saturated carbocycles. The van der Waals surface area contributed by atoms with Gasteiger partial charge in [-0.3, -0.25) is 4.79 Å². The minimum absolute atomic E-state index is 0.116. The van der Waals surface area contributed by atoms with Gasteiger partial charge in [0.05, 0.1) is 6.54 Å². The van der Waals surface area contributed by atoms with Crippen molar-refractivity contribution in [2.45, 2.75) is 6.92 Å². The molecule has 0 heterocycles. The number of para-hydroxylation sites is 1. The number of carbonyl (C=O) groups excluding carboxylic acids is 1. The van der Waals surface area contributed by atoms with Crippen molar-refractivity contribution in [3.05, 3.63) is 54.4 Å². The number of hydrogen-bond donors (Lipinski definition) is 0. The largest absolute Gasteiger partial charge is 0.489 e. The third-order valence-electron chi connectivity index (χ3n) is 2.44. The molecule has 19 heavy (non-hydrogen) atoms. The Morgan fingerprint density at radius 2 is 2.11 bits per heavy atom. The van der Waals surface area contributed by atoms with E-state index in [0.717, 1.165) is 0 Å². The molecule has 0 N–H and O–H groups in total. The SMILES string of the molecule is C/C=C/C=C/C(=O)N(C)CCOc1ccccc1F. The zero-order valence-electron chi connectivity index (χ0n) is 11.2. The Morgan fingerprint density at radius 3 is 2.79 bits per heavy atom. The molecule has 1 aromatic carbocycles. The number of likely N-dealkylation sites (N-methyl/N-ethyl adjacent to an activating group) is 1. The lowest BCUT2D eigenvalue weighted by Crippen LogP contribution is -2.29. The summed E-state index contributed by atoms with van der Waals surface area (Å²) in [6.07, 6.45) is 6.77. The van der Waals surface area contributed by atoms with Crippen LogP contribution in [0.2, 0.25) is 0 Å². The molecule has 1 amide bonds. The smallest absolute Gasteiger partial charge is 0.246 e. The number of allylic oxidation sites excluding steroid dienone is 3. The molecule has 0 aromatic heterocycles. The molecule has 3 nitrogen and oxygen atoms in total. The van der Waals surface area contributed by atoms with E-state index in [-0.39, 0.29) is 18.3 Å². The third-order valence-corrected chi connectivity index (χ3v) is 2.44. The van der Waals surface area contributed by atoms with Gasteiger partial charge in [-0.05, 0) is 19.1 Å². The van der Waals surface area contributed by atoms with Gasteiger partial charge in [-0.2, -0.15) is 0 Å². The van der Waals surface area contributed by atoms with E-state index in [9.17, 15) is 9.18 Å². The highest BCUT2D eigenvalue weighted by atomic mass is 19.1. The first kappa shape index (κ1) is 15.0. The summed E-state index contributed by atoms with van der Waals surface area (Å²) >= 11 is 0. The van der Waals surface area contributed by atoms with Crippen LogP contribution in [0.3, 0.4) is 0 Å². The molecular weight excluding hydrogens is 245 g/mol. The van der Waals surface area contributed by atoms with E-state index >= 15 is 0 Å². The minimum atomic E-state index is -0.399. The quantitative estimate of drug-likeness (QED) is 0.583. The lowest BCUT2D eigenvalue weighted by molar-refractivity contribution is -0.125. The van der Waals surface area contributed by atoms with Gasteiger partial charge >= 0.3 is 0 Å². The molecule has 0 aliphatic carbocycles. The van der Waals surface area contributed by atoms with Gasteiger partial charge in [0, 0.05) is 13.1 Å². The van der Waals surface area contributed by atoms with Crippen molar-refractivity contribution in [2.75, 3.05) is 20.2 Å². The van der Waals surface area contributed by atoms with Crippen LogP contribution in [0.5, 0.6) is 5.75 Å². The van der Waals surface area contributed by atoms with E-state index in [4.69, 9.17) is 4.74 Å². The van der Waals surface area contributed by atoms with Gasteiger partial charge in [-0.25, -0.2) is 4.39 Å². The Bertz CT molecular complexity index is 469. The second kappa shape index (κ2) is 8.08. The Balaban J connectivity index is 2.37. The Morgan fingerprint density at radius 1 is 1.37 bits per heavy atom. The molecular formula is C15H18FNO2. The maximum Gasteiger partial charge on any atom is 0.246 e. The lowest BCUT2D eigenvalue weighted by Gasteiger charge is -2.15. The summed E-state index contributed by atoms with van der Waals surface area (Å²) in [5.74, 6) is -0.313. The Labute approximate surface area is 113 Å². The second-order valence-electron chi connectivity index (χ2n) is 3.92. The van der Waals surface area contributed by atoms with Crippen molar-refractivity contribution in [1.29, 1.82) is 0 Å². The molecule has 0 saturated heterocycles. The van der Waals surface area contributed by atoms with Crippen LogP contribution < -0.4 is 4.74 Å². The summed E-state index contributed by atoms with van der Waals surface area (Å²) in [5.41, 5.74) is 0. The van der Waals surface area contributed by atoms with Gasteiger partial charge < -0.3 is 9.64 Å². The van der Waals surface area contributed by atoms with E-state index in [2.05, 4.69) is 0 Å². The third kappa shape index (κ3) is 5.38. The molecule has 4 heteroatoms. The van der Waals surface area contributed by atoms with Crippen LogP contribution in [0.4, 0.5) is 4.39 Å². The number of hydrogen-bond acceptors (Lipinski definition) is 2. The fraction of sp³-hybridized carbons (Fsp3) is 0.267. The molecule has 1 aromatic rings. The van der Waals surface area contributed by atoms with Crippen molar-refractivity contribution < 1.29 is 13.9 Å². The molecule has 0 unspecified atom stereocenters. The van der Waals surface area contributed by atoms with E-state index in [0.29, 0.717) is 6.54 Å². The molecule has 0 bridgehead atoms. The van der Waals surface area contributed by atoms with Crippen LogP contribution in [0.1, 0.15) is 6.92 Å². The average molecular weight is 263 g/mol. The van der Waals surface area contributed by atoms with Crippen molar-refractivity contribution in [2.24, 2.45) is 0 Å². The maximum absolute atomic E-state index is 13.3. The molecule has 0 spiro atoms. The number of halogens is 1. The molecule has 0 aliphatic heterocycles. The van der Waals surface area contributed by atoms with Crippen LogP contribution in [0.25, 0.3) is 0 Å². The number of nitrogens with zero attached hydrogens (tertiary/aromatic N) is 1. The van der Waals surface area contributed by atoms with Gasteiger partial charge in [0.25, 0.3) is 0 Å². The number of rotatable bonds is 6. The highest BCUT2D eigenvalue weighted by molar-refractivity contribution is 5.87. The van der Waals surface area contributed by atoms with Crippen molar-refractivity contribution in [3.63, 3.8) is 0 Å². The topological polar surface area (TPSA) is 29.5 Å². The standard InChI is InChI=1S/C15H18FNO2/c1-3-4-5-10-15(18)17(2)11-12-19-14-9-7-6-8-13(14)16/h3-10H,11-12H2,1-2H3/b4-3+,10-5+. The van der Waals surface area contributed by atoms with Crippen LogP contribution >= 0.6 is 0 Å². The van der Waals surface area contributed by atoms with E-state index in [1.54, 1.807) is 37.4 Å². The van der Waals surface area contributed by atoms with Gasteiger partial charge in [0.15, 0.2) is 11.6 Å². The van der Waals surface area contributed by atoms with E-state index in [1.807, 2.05) is 13.0 Å². The van der Waals surface area contributed by atoms with E-state index in [1.165, 1.54) is 17.0 Å². The highest BCUT2D eigenvalue weighted by Gasteiger charge is 2.05. The first-order valence-electron chi connectivity index (χ1n) is 6.07. The summed E-state index contributed by atoms with van der Waals surface area (Å²) in [7, 11) is 1.67. The van der Waals surface area contributed by atoms with Crippen LogP contribution in [-0.2, 0) is 4.79 Å². The normalized spacial score (nSPS) is 11.1. The summed E-state index contributed by atoms with van der Waals surface area (Å²) in [6, 6.07) is 6.20. The molecule has 0 aliphatic rings. The van der Waals surface area contributed by atoms with Crippen molar-refractivity contribution >= 4 is 5.91 Å². The summed E-state index contributed by atoms with van der Waals surface area (Å²) in [5, 5.41) is 0. The molecule has 1 rings (SSSR count). The van der Waals surface area contributed by atoms with Gasteiger partial charge in [-0.1, -0.05) is 30.4 Å². The Hall–Kier alpha value is -2.10. The zero-order chi connectivity index (χ0) is 14.1. The summed E-state index contributed by atoms with van der Waals surface area (Å²) in [4.78, 5) is 13.1.